The lowest BCUT2D eigenvalue weighted by Crippen LogP contribution is -2.57. The summed E-state index contributed by atoms with van der Waals surface area (Å²) in [5.41, 5.74) is -0.662. The Bertz CT molecular complexity index is 652. The van der Waals surface area contributed by atoms with Gasteiger partial charge in [0.15, 0.2) is 12.1 Å². The van der Waals surface area contributed by atoms with Gasteiger partial charge in [-0.3, -0.25) is 9.59 Å². The summed E-state index contributed by atoms with van der Waals surface area (Å²) in [5, 5.41) is 2.93. The Morgan fingerprint density at radius 1 is 1.17 bits per heavy atom. The minimum atomic E-state index is -1.86. The number of carbonyl (C=O) groups is 3. The van der Waals surface area contributed by atoms with Crippen molar-refractivity contribution in [3.8, 4) is 0 Å². The molecule has 3 rings (SSSR count). The second-order valence-corrected chi connectivity index (χ2v) is 5.29. The molecule has 7 heteroatoms. The van der Waals surface area contributed by atoms with Crippen LogP contribution < -0.4 is 5.32 Å². The lowest BCUT2D eigenvalue weighted by molar-refractivity contribution is -0.177. The van der Waals surface area contributed by atoms with Crippen molar-refractivity contribution < 1.29 is 28.6 Å². The summed E-state index contributed by atoms with van der Waals surface area (Å²) in [5.74, 6) is -2.31. The predicted molar refractivity (Wildman–Crippen MR) is 78.4 cm³/mol. The van der Waals surface area contributed by atoms with Crippen LogP contribution in [0.2, 0.25) is 0 Å². The number of nitrogens with one attached hydrogen (secondary N) is 1. The minimum absolute atomic E-state index is 0.0786. The summed E-state index contributed by atoms with van der Waals surface area (Å²) < 4.78 is 15.5. The van der Waals surface area contributed by atoms with Crippen molar-refractivity contribution in [2.24, 2.45) is 5.41 Å². The first-order chi connectivity index (χ1) is 11.1. The molecule has 23 heavy (non-hydrogen) atoms. The quantitative estimate of drug-likeness (QED) is 0.506. The average molecular weight is 319 g/mol. The van der Waals surface area contributed by atoms with E-state index in [4.69, 9.17) is 14.2 Å². The second-order valence-electron chi connectivity index (χ2n) is 5.29. The molecule has 2 bridgehead atoms. The van der Waals surface area contributed by atoms with Crippen LogP contribution in [0, 0.1) is 5.41 Å². The monoisotopic (exact) mass is 319 g/mol. The largest absolute Gasteiger partial charge is 0.465 e. The number of hydrogen-bond acceptors (Lipinski definition) is 7. The molecule has 1 aromatic carbocycles. The van der Waals surface area contributed by atoms with Crippen LogP contribution in [0.25, 0.3) is 0 Å². The first-order valence-corrected chi connectivity index (χ1v) is 7.47. The van der Waals surface area contributed by atoms with Crippen LogP contribution in [0.5, 0.6) is 0 Å². The third-order valence-corrected chi connectivity index (χ3v) is 4.11. The number of hydrogen-bond donors (Lipinski definition) is 1. The highest BCUT2D eigenvalue weighted by Gasteiger charge is 2.72. The molecule has 2 atom stereocenters. The van der Waals surface area contributed by atoms with E-state index in [0.717, 1.165) is 0 Å². The van der Waals surface area contributed by atoms with E-state index in [2.05, 4.69) is 5.32 Å². The lowest BCUT2D eigenvalue weighted by atomic mass is 9.71. The van der Waals surface area contributed by atoms with Gasteiger partial charge in [-0.25, -0.2) is 4.79 Å². The van der Waals surface area contributed by atoms with Crippen LogP contribution in [0.4, 0.5) is 5.69 Å². The van der Waals surface area contributed by atoms with E-state index >= 15 is 0 Å². The molecule has 0 amide bonds. The van der Waals surface area contributed by atoms with E-state index in [9.17, 15) is 14.4 Å². The second kappa shape index (κ2) is 5.57. The van der Waals surface area contributed by atoms with Gasteiger partial charge in [0.25, 0.3) is 0 Å². The first kappa shape index (κ1) is 15.3. The molecular formula is C16H17NO6. The number of para-hydroxylation sites is 1. The molecule has 2 heterocycles. The molecule has 1 aromatic rings. The maximum absolute atomic E-state index is 12.7. The fraction of sp³-hybridized carbons (Fsp3) is 0.438. The molecule has 1 fully saturated rings. The third kappa shape index (κ3) is 1.99. The summed E-state index contributed by atoms with van der Waals surface area (Å²) >= 11 is 0. The molecular weight excluding hydrogens is 302 g/mol. The van der Waals surface area contributed by atoms with Gasteiger partial charge < -0.3 is 19.5 Å². The van der Waals surface area contributed by atoms with Crippen molar-refractivity contribution in [2.45, 2.75) is 26.0 Å². The molecule has 1 N–H and O–H groups in total. The molecule has 1 saturated heterocycles. The van der Waals surface area contributed by atoms with Gasteiger partial charge in [-0.2, -0.15) is 0 Å². The van der Waals surface area contributed by atoms with Gasteiger partial charge in [0, 0.05) is 11.3 Å². The number of rotatable bonds is 4. The highest BCUT2D eigenvalue weighted by Crippen LogP contribution is 2.54. The van der Waals surface area contributed by atoms with E-state index in [1.54, 1.807) is 38.1 Å². The Morgan fingerprint density at radius 3 is 2.39 bits per heavy atom. The molecule has 0 aliphatic carbocycles. The molecule has 2 aliphatic heterocycles. The van der Waals surface area contributed by atoms with Crippen molar-refractivity contribution in [3.05, 3.63) is 29.8 Å². The molecule has 0 radical (unpaired) electrons. The van der Waals surface area contributed by atoms with Gasteiger partial charge >= 0.3 is 17.9 Å². The topological polar surface area (TPSA) is 90.9 Å². The van der Waals surface area contributed by atoms with Crippen LogP contribution in [0.1, 0.15) is 25.5 Å². The maximum Gasteiger partial charge on any atom is 0.331 e. The number of benzene rings is 1. The zero-order valence-electron chi connectivity index (χ0n) is 12.8. The Kier molecular flexibility index (Phi) is 3.71. The van der Waals surface area contributed by atoms with E-state index in [0.29, 0.717) is 11.3 Å². The van der Waals surface area contributed by atoms with Crippen molar-refractivity contribution in [3.63, 3.8) is 0 Å². The average Bonchev–Trinajstić information content (AvgIpc) is 2.74. The van der Waals surface area contributed by atoms with Gasteiger partial charge in [0.2, 0.25) is 5.41 Å². The normalized spacial score (nSPS) is 23.3. The fourth-order valence-electron chi connectivity index (χ4n) is 3.14. The van der Waals surface area contributed by atoms with Crippen molar-refractivity contribution in [1.29, 1.82) is 0 Å². The first-order valence-electron chi connectivity index (χ1n) is 7.47. The van der Waals surface area contributed by atoms with Crippen LogP contribution in [-0.4, -0.2) is 37.2 Å². The number of fused-ring (bicyclic) bond motifs is 4. The van der Waals surface area contributed by atoms with Crippen molar-refractivity contribution in [2.75, 3.05) is 18.5 Å². The molecule has 0 saturated carbocycles. The highest BCUT2D eigenvalue weighted by molar-refractivity contribution is 6.10. The van der Waals surface area contributed by atoms with Crippen LogP contribution in [0.3, 0.4) is 0 Å². The van der Waals surface area contributed by atoms with Crippen molar-refractivity contribution >= 4 is 23.6 Å². The van der Waals surface area contributed by atoms with Crippen LogP contribution >= 0.6 is 0 Å². The lowest BCUT2D eigenvalue weighted by Gasteiger charge is -2.36. The number of carbonyl (C=O) groups excluding carboxylic acids is 3. The van der Waals surface area contributed by atoms with E-state index < -0.39 is 35.5 Å². The molecule has 122 valence electrons. The van der Waals surface area contributed by atoms with Gasteiger partial charge in [0.05, 0.1) is 13.2 Å². The summed E-state index contributed by atoms with van der Waals surface area (Å²) in [4.78, 5) is 37.6. The van der Waals surface area contributed by atoms with Crippen LogP contribution in [0.15, 0.2) is 24.3 Å². The summed E-state index contributed by atoms with van der Waals surface area (Å²) in [7, 11) is 0. The molecule has 0 spiro atoms. The van der Waals surface area contributed by atoms with E-state index in [1.807, 2.05) is 0 Å². The smallest absolute Gasteiger partial charge is 0.331 e. The number of ether oxygens (including phenoxy) is 3. The van der Waals surface area contributed by atoms with Crippen molar-refractivity contribution in [1.82, 2.24) is 0 Å². The Labute approximate surface area is 132 Å². The molecule has 0 aromatic heterocycles. The number of anilines is 1. The van der Waals surface area contributed by atoms with Gasteiger partial charge in [-0.15, -0.1) is 0 Å². The van der Waals surface area contributed by atoms with Gasteiger partial charge in [0.1, 0.15) is 0 Å². The van der Waals surface area contributed by atoms with Gasteiger partial charge in [-0.1, -0.05) is 18.2 Å². The summed E-state index contributed by atoms with van der Waals surface area (Å²) in [6.45, 7) is 3.42. The highest BCUT2D eigenvalue weighted by atomic mass is 16.6. The predicted octanol–water partition coefficient (Wildman–Crippen LogP) is 1.19. The molecule has 0 unspecified atom stereocenters. The zero-order valence-corrected chi connectivity index (χ0v) is 12.8. The Balaban J connectivity index is 2.18. The fourth-order valence-corrected chi connectivity index (χ4v) is 3.14. The zero-order chi connectivity index (χ0) is 16.6. The summed E-state index contributed by atoms with van der Waals surface area (Å²) in [6.07, 6.45) is -1.06. The van der Waals surface area contributed by atoms with Gasteiger partial charge in [-0.05, 0) is 19.9 Å². The Hall–Kier alpha value is -2.57. The Morgan fingerprint density at radius 2 is 1.78 bits per heavy atom. The number of esters is 3. The third-order valence-electron chi connectivity index (χ3n) is 4.11. The van der Waals surface area contributed by atoms with E-state index in [1.165, 1.54) is 0 Å². The SMILES string of the molecule is CCOC(=O)C1(C(=O)OCC)[C@@H]2Nc3ccccc3[C@H]1OC2=O. The van der Waals surface area contributed by atoms with E-state index in [-0.39, 0.29) is 13.2 Å². The standard InChI is InChI=1S/C16H17NO6/c1-3-21-14(19)16(15(20)22-4-2)11-13(18)23-12(16)9-7-5-6-8-10(9)17-11/h5-8,11-12,17H,3-4H2,1-2H3/t11-,12-/m1/s1. The minimum Gasteiger partial charge on any atom is -0.465 e. The maximum atomic E-state index is 12.7. The molecule has 7 nitrogen and oxygen atoms in total. The van der Waals surface area contributed by atoms with Crippen LogP contribution in [-0.2, 0) is 28.6 Å². The summed E-state index contributed by atoms with van der Waals surface area (Å²) in [6, 6.07) is 5.83. The molecule has 2 aliphatic rings.